The molecule has 1 aromatic rings. The molecule has 114 valence electrons. The first-order valence-corrected chi connectivity index (χ1v) is 6.94. The van der Waals surface area contributed by atoms with Crippen LogP contribution in [0.5, 0.6) is 0 Å². The summed E-state index contributed by atoms with van der Waals surface area (Å²) in [5, 5.41) is 0. The van der Waals surface area contributed by atoms with Crippen molar-refractivity contribution in [2.24, 2.45) is 0 Å². The molecule has 0 amide bonds. The Hall–Kier alpha value is -1.47. The Kier molecular flexibility index (Phi) is 4.50. The van der Waals surface area contributed by atoms with Gasteiger partial charge < -0.3 is 23.7 Å². The Bertz CT molecular complexity index is 476. The van der Waals surface area contributed by atoms with E-state index in [1.807, 2.05) is 13.0 Å². The molecular formula is C15H18O6. The van der Waals surface area contributed by atoms with Crippen molar-refractivity contribution in [2.75, 3.05) is 20.2 Å². The number of carbonyl (C=O) groups is 1. The van der Waals surface area contributed by atoms with Crippen molar-refractivity contribution < 1.29 is 28.5 Å². The molecule has 4 atom stereocenters. The van der Waals surface area contributed by atoms with Crippen LogP contribution in [0.25, 0.3) is 0 Å². The van der Waals surface area contributed by atoms with E-state index in [1.54, 1.807) is 24.3 Å². The molecule has 0 radical (unpaired) electrons. The second-order valence-electron chi connectivity index (χ2n) is 5.05. The summed E-state index contributed by atoms with van der Waals surface area (Å²) < 4.78 is 27.3. The van der Waals surface area contributed by atoms with Crippen molar-refractivity contribution in [3.8, 4) is 0 Å². The van der Waals surface area contributed by atoms with Crippen LogP contribution in [0.15, 0.2) is 30.3 Å². The lowest BCUT2D eigenvalue weighted by Gasteiger charge is -2.34. The average Bonchev–Trinajstić information content (AvgIpc) is 2.95. The summed E-state index contributed by atoms with van der Waals surface area (Å²) in [6.45, 7) is 2.59. The first-order valence-electron chi connectivity index (χ1n) is 6.94. The lowest BCUT2D eigenvalue weighted by atomic mass is 10.0. The Morgan fingerprint density at radius 2 is 1.86 bits per heavy atom. The molecule has 3 rings (SSSR count). The molecule has 0 aliphatic carbocycles. The SMILES string of the molecule is C[C@H]1OCO[C@@H]1[C@H]1OCOC[C@H]1OC(=O)c1ccccc1. The van der Waals surface area contributed by atoms with E-state index in [4.69, 9.17) is 23.7 Å². The van der Waals surface area contributed by atoms with Gasteiger partial charge in [0.1, 0.15) is 25.8 Å². The third-order valence-corrected chi connectivity index (χ3v) is 3.64. The molecule has 0 bridgehead atoms. The van der Waals surface area contributed by atoms with Gasteiger partial charge in [-0.2, -0.15) is 0 Å². The quantitative estimate of drug-likeness (QED) is 0.784. The molecule has 2 aliphatic rings. The van der Waals surface area contributed by atoms with Gasteiger partial charge in [-0.3, -0.25) is 0 Å². The first kappa shape index (κ1) is 14.5. The van der Waals surface area contributed by atoms with Crippen molar-refractivity contribution in [1.29, 1.82) is 0 Å². The van der Waals surface area contributed by atoms with Crippen LogP contribution in [0.4, 0.5) is 0 Å². The number of benzene rings is 1. The van der Waals surface area contributed by atoms with Gasteiger partial charge in [0.25, 0.3) is 0 Å². The summed E-state index contributed by atoms with van der Waals surface area (Å²) in [5.41, 5.74) is 0.499. The predicted octanol–water partition coefficient (Wildman–Crippen LogP) is 1.35. The Morgan fingerprint density at radius 3 is 2.57 bits per heavy atom. The molecule has 0 aromatic heterocycles. The van der Waals surface area contributed by atoms with Gasteiger partial charge in [-0.1, -0.05) is 18.2 Å². The molecule has 1 aromatic carbocycles. The van der Waals surface area contributed by atoms with E-state index >= 15 is 0 Å². The predicted molar refractivity (Wildman–Crippen MR) is 71.6 cm³/mol. The monoisotopic (exact) mass is 294 g/mol. The number of carbonyl (C=O) groups excluding carboxylic acids is 1. The number of esters is 1. The van der Waals surface area contributed by atoms with E-state index in [2.05, 4.69) is 0 Å². The van der Waals surface area contributed by atoms with Crippen LogP contribution in [-0.4, -0.2) is 50.6 Å². The summed E-state index contributed by atoms with van der Waals surface area (Å²) in [4.78, 5) is 12.1. The maximum absolute atomic E-state index is 12.1. The molecule has 6 nitrogen and oxygen atoms in total. The molecule has 2 saturated heterocycles. The minimum absolute atomic E-state index is 0.106. The van der Waals surface area contributed by atoms with Crippen molar-refractivity contribution in [3.05, 3.63) is 35.9 Å². The van der Waals surface area contributed by atoms with Crippen LogP contribution in [0.1, 0.15) is 17.3 Å². The van der Waals surface area contributed by atoms with Crippen molar-refractivity contribution in [2.45, 2.75) is 31.3 Å². The van der Waals surface area contributed by atoms with Crippen molar-refractivity contribution >= 4 is 5.97 Å². The van der Waals surface area contributed by atoms with Crippen molar-refractivity contribution in [3.63, 3.8) is 0 Å². The lowest BCUT2D eigenvalue weighted by Crippen LogP contribution is -2.51. The zero-order valence-electron chi connectivity index (χ0n) is 11.8. The number of ether oxygens (including phenoxy) is 5. The fourth-order valence-corrected chi connectivity index (χ4v) is 2.50. The van der Waals surface area contributed by atoms with Crippen LogP contribution in [0.3, 0.4) is 0 Å². The third kappa shape index (κ3) is 3.24. The molecular weight excluding hydrogens is 276 g/mol. The van der Waals surface area contributed by atoms with Crippen molar-refractivity contribution in [1.82, 2.24) is 0 Å². The van der Waals surface area contributed by atoms with Crippen LogP contribution in [0, 0.1) is 0 Å². The first-order chi connectivity index (χ1) is 10.3. The van der Waals surface area contributed by atoms with Gasteiger partial charge in [0.2, 0.25) is 0 Å². The van der Waals surface area contributed by atoms with E-state index < -0.39 is 12.1 Å². The Morgan fingerprint density at radius 1 is 1.10 bits per heavy atom. The summed E-state index contributed by atoms with van der Waals surface area (Å²) in [6, 6.07) is 8.84. The average molecular weight is 294 g/mol. The fraction of sp³-hybridized carbons (Fsp3) is 0.533. The second kappa shape index (κ2) is 6.53. The van der Waals surface area contributed by atoms with E-state index in [0.717, 1.165) is 0 Å². The van der Waals surface area contributed by atoms with Crippen LogP contribution >= 0.6 is 0 Å². The van der Waals surface area contributed by atoms with Gasteiger partial charge in [0, 0.05) is 0 Å². The van der Waals surface area contributed by atoms with E-state index in [1.165, 1.54) is 0 Å². The van der Waals surface area contributed by atoms with Gasteiger partial charge in [-0.15, -0.1) is 0 Å². The molecule has 0 unspecified atom stereocenters. The largest absolute Gasteiger partial charge is 0.453 e. The number of hydrogen-bond acceptors (Lipinski definition) is 6. The molecule has 2 aliphatic heterocycles. The minimum atomic E-state index is -0.513. The molecule has 0 spiro atoms. The highest BCUT2D eigenvalue weighted by Gasteiger charge is 2.42. The van der Waals surface area contributed by atoms with E-state index in [9.17, 15) is 4.79 Å². The summed E-state index contributed by atoms with van der Waals surface area (Å²) in [6.07, 6.45) is -1.27. The molecule has 21 heavy (non-hydrogen) atoms. The number of rotatable bonds is 3. The zero-order valence-corrected chi connectivity index (χ0v) is 11.8. The second-order valence-corrected chi connectivity index (χ2v) is 5.05. The van der Waals surface area contributed by atoms with Gasteiger partial charge in [-0.25, -0.2) is 4.79 Å². The third-order valence-electron chi connectivity index (χ3n) is 3.64. The van der Waals surface area contributed by atoms with Gasteiger partial charge in [0.15, 0.2) is 6.10 Å². The molecule has 2 heterocycles. The van der Waals surface area contributed by atoms with Gasteiger partial charge in [0.05, 0.1) is 18.3 Å². The summed E-state index contributed by atoms with van der Waals surface area (Å²) in [5.74, 6) is -0.397. The Labute approximate surface area is 122 Å². The maximum Gasteiger partial charge on any atom is 0.338 e. The highest BCUT2D eigenvalue weighted by molar-refractivity contribution is 5.89. The van der Waals surface area contributed by atoms with Crippen LogP contribution in [0.2, 0.25) is 0 Å². The fourth-order valence-electron chi connectivity index (χ4n) is 2.50. The topological polar surface area (TPSA) is 63.2 Å². The molecule has 2 fully saturated rings. The highest BCUT2D eigenvalue weighted by atomic mass is 16.7. The smallest absolute Gasteiger partial charge is 0.338 e. The van der Waals surface area contributed by atoms with E-state index in [-0.39, 0.29) is 38.5 Å². The van der Waals surface area contributed by atoms with Gasteiger partial charge >= 0.3 is 5.97 Å². The Balaban J connectivity index is 1.68. The lowest BCUT2D eigenvalue weighted by molar-refractivity contribution is -0.221. The number of hydrogen-bond donors (Lipinski definition) is 0. The van der Waals surface area contributed by atoms with Gasteiger partial charge in [-0.05, 0) is 19.1 Å². The standard InChI is InChI=1S/C15H18O6/c1-10-13(20-9-18-10)14-12(7-17-8-19-14)21-15(16)11-5-3-2-4-6-11/h2-6,10,12-14H,7-9H2,1H3/t10-,12-,13+,14+/m1/s1. The minimum Gasteiger partial charge on any atom is -0.453 e. The van der Waals surface area contributed by atoms with Crippen LogP contribution in [-0.2, 0) is 23.7 Å². The summed E-state index contributed by atoms with van der Waals surface area (Å²) in [7, 11) is 0. The normalized spacial score (nSPS) is 32.8. The van der Waals surface area contributed by atoms with Crippen LogP contribution < -0.4 is 0 Å². The molecule has 0 N–H and O–H groups in total. The zero-order chi connectivity index (χ0) is 14.7. The molecule has 0 saturated carbocycles. The highest BCUT2D eigenvalue weighted by Crippen LogP contribution is 2.25. The summed E-state index contributed by atoms with van der Waals surface area (Å²) >= 11 is 0. The maximum atomic E-state index is 12.1. The van der Waals surface area contributed by atoms with E-state index in [0.29, 0.717) is 5.56 Å². The molecule has 6 heteroatoms.